The lowest BCUT2D eigenvalue weighted by atomic mass is 9.98. The van der Waals surface area contributed by atoms with Crippen LogP contribution in [0.5, 0.6) is 5.75 Å². The quantitative estimate of drug-likeness (QED) is 0.347. The predicted octanol–water partition coefficient (Wildman–Crippen LogP) is 6.75. The molecule has 0 aliphatic heterocycles. The number of nitrogens with zero attached hydrogens (tertiary/aromatic N) is 4. The Morgan fingerprint density at radius 3 is 2.58 bits per heavy atom. The van der Waals surface area contributed by atoms with Crippen molar-refractivity contribution in [1.82, 2.24) is 14.8 Å². The maximum Gasteiger partial charge on any atom is 0.245 e. The maximum atomic E-state index is 14.5. The molecule has 2 aromatic carbocycles. The van der Waals surface area contributed by atoms with Crippen LogP contribution < -0.4 is 9.64 Å². The Hall–Kier alpha value is -2.60. The lowest BCUT2D eigenvalue weighted by molar-refractivity contribution is 0.411. The fourth-order valence-electron chi connectivity index (χ4n) is 4.32. The highest BCUT2D eigenvalue weighted by Crippen LogP contribution is 2.41. The molecular weight excluding hydrogens is 439 g/mol. The topological polar surface area (TPSA) is 43.2 Å². The smallest absolute Gasteiger partial charge is 0.245 e. The van der Waals surface area contributed by atoms with E-state index in [4.69, 9.17) is 26.4 Å². The van der Waals surface area contributed by atoms with Gasteiger partial charge in [0.2, 0.25) is 5.95 Å². The van der Waals surface area contributed by atoms with Crippen molar-refractivity contribution in [3.05, 3.63) is 63.7 Å². The highest BCUT2D eigenvalue weighted by Gasteiger charge is 2.32. The Morgan fingerprint density at radius 1 is 1.18 bits per heavy atom. The zero-order valence-corrected chi connectivity index (χ0v) is 20.8. The molecule has 176 valence electrons. The first-order valence-electron chi connectivity index (χ1n) is 11.6. The molecule has 33 heavy (non-hydrogen) atoms. The molecule has 0 spiro atoms. The van der Waals surface area contributed by atoms with E-state index in [0.29, 0.717) is 22.5 Å². The molecule has 4 rings (SSSR count). The van der Waals surface area contributed by atoms with Gasteiger partial charge in [0.25, 0.3) is 0 Å². The molecule has 1 aliphatic carbocycles. The molecule has 1 aliphatic rings. The van der Waals surface area contributed by atoms with Crippen molar-refractivity contribution in [2.45, 2.75) is 59.4 Å². The van der Waals surface area contributed by atoms with Gasteiger partial charge in [-0.05, 0) is 68.4 Å². The van der Waals surface area contributed by atoms with Crippen LogP contribution in [0.2, 0.25) is 5.02 Å². The Labute approximate surface area is 200 Å². The predicted molar refractivity (Wildman–Crippen MR) is 131 cm³/mol. The number of hydrogen-bond acceptors (Lipinski definition) is 4. The third-order valence-corrected chi connectivity index (χ3v) is 6.68. The summed E-state index contributed by atoms with van der Waals surface area (Å²) in [7, 11) is 1.63. The van der Waals surface area contributed by atoms with Crippen LogP contribution in [0.3, 0.4) is 0 Å². The second-order valence-electron chi connectivity index (χ2n) is 9.04. The number of benzene rings is 2. The van der Waals surface area contributed by atoms with Crippen LogP contribution in [0.25, 0.3) is 5.69 Å². The molecule has 0 saturated heterocycles. The summed E-state index contributed by atoms with van der Waals surface area (Å²) in [6, 6.07) is 9.39. The number of hydrogen-bond donors (Lipinski definition) is 0. The van der Waals surface area contributed by atoms with Crippen LogP contribution in [0.4, 0.5) is 10.3 Å². The summed E-state index contributed by atoms with van der Waals surface area (Å²) in [5.41, 5.74) is 3.38. The first-order chi connectivity index (χ1) is 15.8. The normalized spacial score (nSPS) is 14.4. The average Bonchev–Trinajstić information content (AvgIpc) is 3.53. The van der Waals surface area contributed by atoms with E-state index in [2.05, 4.69) is 11.8 Å². The van der Waals surface area contributed by atoms with Crippen molar-refractivity contribution in [2.24, 2.45) is 5.92 Å². The molecular formula is C26H32ClFN4O. The van der Waals surface area contributed by atoms with Crippen LogP contribution in [0.15, 0.2) is 30.3 Å². The lowest BCUT2D eigenvalue weighted by Crippen LogP contribution is -2.31. The molecule has 7 heteroatoms. The van der Waals surface area contributed by atoms with Gasteiger partial charge in [0.05, 0.1) is 23.9 Å². The Balaban J connectivity index is 1.75. The van der Waals surface area contributed by atoms with Crippen molar-refractivity contribution in [3.63, 3.8) is 0 Å². The molecule has 0 bridgehead atoms. The van der Waals surface area contributed by atoms with Crippen LogP contribution in [0, 0.1) is 32.5 Å². The van der Waals surface area contributed by atoms with Gasteiger partial charge in [-0.3, -0.25) is 0 Å². The zero-order valence-electron chi connectivity index (χ0n) is 20.0. The molecule has 0 unspecified atom stereocenters. The number of methoxy groups -OCH3 is 1. The zero-order chi connectivity index (χ0) is 23.7. The first kappa shape index (κ1) is 23.6. The van der Waals surface area contributed by atoms with E-state index in [1.807, 2.05) is 38.1 Å². The molecule has 1 atom stereocenters. The molecule has 0 radical (unpaired) electrons. The summed E-state index contributed by atoms with van der Waals surface area (Å²) in [6.45, 7) is 8.63. The van der Waals surface area contributed by atoms with E-state index in [9.17, 15) is 4.39 Å². The van der Waals surface area contributed by atoms with Crippen LogP contribution >= 0.6 is 11.6 Å². The van der Waals surface area contributed by atoms with Gasteiger partial charge in [-0.1, -0.05) is 43.5 Å². The van der Waals surface area contributed by atoms with Crippen molar-refractivity contribution in [1.29, 1.82) is 0 Å². The fraction of sp³-hybridized carbons (Fsp3) is 0.462. The molecule has 0 N–H and O–H groups in total. The third-order valence-electron chi connectivity index (χ3n) is 6.38. The fourth-order valence-corrected chi connectivity index (χ4v) is 4.56. The van der Waals surface area contributed by atoms with Gasteiger partial charge < -0.3 is 9.64 Å². The number of halogens is 2. The summed E-state index contributed by atoms with van der Waals surface area (Å²) in [4.78, 5) is 7.06. The van der Waals surface area contributed by atoms with Gasteiger partial charge in [-0.25, -0.2) is 9.07 Å². The van der Waals surface area contributed by atoms with E-state index in [1.54, 1.807) is 24.8 Å². The van der Waals surface area contributed by atoms with Crippen molar-refractivity contribution >= 4 is 17.5 Å². The van der Waals surface area contributed by atoms with E-state index < -0.39 is 0 Å². The Morgan fingerprint density at radius 2 is 1.94 bits per heavy atom. The second-order valence-corrected chi connectivity index (χ2v) is 9.45. The third kappa shape index (κ3) is 5.01. The summed E-state index contributed by atoms with van der Waals surface area (Å²) in [5, 5.41) is 5.43. The van der Waals surface area contributed by atoms with Crippen molar-refractivity contribution < 1.29 is 9.13 Å². The van der Waals surface area contributed by atoms with Gasteiger partial charge in [-0.15, -0.1) is 5.10 Å². The number of anilines is 1. The minimum Gasteiger partial charge on any atom is -0.496 e. The Bertz CT molecular complexity index is 1140. The highest BCUT2D eigenvalue weighted by atomic mass is 35.5. The van der Waals surface area contributed by atoms with E-state index in [1.165, 1.54) is 12.8 Å². The van der Waals surface area contributed by atoms with E-state index >= 15 is 0 Å². The molecule has 1 saturated carbocycles. The molecule has 1 aromatic heterocycles. The molecule has 3 aromatic rings. The molecule has 0 amide bonds. The monoisotopic (exact) mass is 470 g/mol. The Kier molecular flexibility index (Phi) is 6.94. The van der Waals surface area contributed by atoms with Gasteiger partial charge in [-0.2, -0.15) is 4.98 Å². The van der Waals surface area contributed by atoms with Gasteiger partial charge in [0.15, 0.2) is 0 Å². The SMILES string of the molecule is CCCN(c1nc(C)n(-c2cc(C)c(OC)cc2Cl)n1)[C@@H](CC1CC1)c1ccc(C)c(F)c1. The van der Waals surface area contributed by atoms with E-state index in [0.717, 1.165) is 47.8 Å². The van der Waals surface area contributed by atoms with Crippen LogP contribution in [-0.2, 0) is 0 Å². The van der Waals surface area contributed by atoms with Gasteiger partial charge in [0.1, 0.15) is 17.4 Å². The summed E-state index contributed by atoms with van der Waals surface area (Å²) >= 11 is 6.58. The molecule has 5 nitrogen and oxygen atoms in total. The van der Waals surface area contributed by atoms with Gasteiger partial charge >= 0.3 is 0 Å². The summed E-state index contributed by atoms with van der Waals surface area (Å²) in [5.74, 6) is 2.63. The van der Waals surface area contributed by atoms with Crippen molar-refractivity contribution in [2.75, 3.05) is 18.6 Å². The van der Waals surface area contributed by atoms with Crippen molar-refractivity contribution in [3.8, 4) is 11.4 Å². The van der Waals surface area contributed by atoms with Gasteiger partial charge in [0, 0.05) is 12.6 Å². The molecule has 1 fully saturated rings. The summed E-state index contributed by atoms with van der Waals surface area (Å²) < 4.78 is 21.7. The van der Waals surface area contributed by atoms with E-state index in [-0.39, 0.29) is 11.9 Å². The highest BCUT2D eigenvalue weighted by molar-refractivity contribution is 6.32. The standard InChI is InChI=1S/C26H32ClFN4O/c1-6-11-31(23(13-19-8-9-19)20-10-7-16(2)22(28)14-20)26-29-18(4)32(30-26)24-12-17(3)25(33-5)15-21(24)27/h7,10,12,14-15,19,23H,6,8-9,11,13H2,1-5H3/t23-/m0/s1. The largest absolute Gasteiger partial charge is 0.496 e. The second kappa shape index (κ2) is 9.72. The minimum absolute atomic E-state index is 0.0240. The number of rotatable bonds is 9. The van der Waals surface area contributed by atoms with Crippen LogP contribution in [-0.4, -0.2) is 28.4 Å². The first-order valence-corrected chi connectivity index (χ1v) is 12.0. The number of aryl methyl sites for hydroxylation is 3. The lowest BCUT2D eigenvalue weighted by Gasteiger charge is -2.31. The average molecular weight is 471 g/mol. The summed E-state index contributed by atoms with van der Waals surface area (Å²) in [6.07, 6.45) is 4.36. The number of aromatic nitrogens is 3. The number of ether oxygens (including phenoxy) is 1. The molecule has 1 heterocycles. The maximum absolute atomic E-state index is 14.5. The minimum atomic E-state index is -0.167. The van der Waals surface area contributed by atoms with Crippen LogP contribution in [0.1, 0.15) is 61.2 Å².